The molecule has 33 heavy (non-hydrogen) atoms. The minimum Gasteiger partial charge on any atom is -0.495 e. The Morgan fingerprint density at radius 1 is 0.879 bits per heavy atom. The number of aromatic nitrogens is 2. The van der Waals surface area contributed by atoms with E-state index in [0.29, 0.717) is 22.8 Å². The molecule has 1 aromatic heterocycles. The quantitative estimate of drug-likeness (QED) is 0.289. The summed E-state index contributed by atoms with van der Waals surface area (Å²) in [6, 6.07) is 21.8. The SMILES string of the molecule is COc1ccccc1-n1c(O)c(N=Nc2ccccc2C)c(=O)n(-c2ccc(C)cc2)c1=S. The predicted molar refractivity (Wildman–Crippen MR) is 131 cm³/mol. The molecule has 3 aromatic carbocycles. The number of hydrogen-bond acceptors (Lipinski definition) is 6. The molecular weight excluding hydrogens is 436 g/mol. The lowest BCUT2D eigenvalue weighted by atomic mass is 10.2. The van der Waals surface area contributed by atoms with Gasteiger partial charge in [-0.3, -0.25) is 13.9 Å². The topological polar surface area (TPSA) is 81.1 Å². The third-order valence-electron chi connectivity index (χ3n) is 5.20. The first-order valence-corrected chi connectivity index (χ1v) is 10.6. The number of methoxy groups -OCH3 is 1. The molecule has 0 atom stereocenters. The monoisotopic (exact) mass is 458 g/mol. The molecule has 0 bridgehead atoms. The van der Waals surface area contributed by atoms with Gasteiger partial charge in [-0.2, -0.15) is 0 Å². The van der Waals surface area contributed by atoms with Gasteiger partial charge in [0.1, 0.15) is 5.75 Å². The predicted octanol–water partition coefficient (Wildman–Crippen LogP) is 6.10. The molecular formula is C25H22N4O3S. The van der Waals surface area contributed by atoms with Crippen LogP contribution in [0, 0.1) is 18.6 Å². The smallest absolute Gasteiger partial charge is 0.290 e. The summed E-state index contributed by atoms with van der Waals surface area (Å²) in [4.78, 5) is 13.5. The van der Waals surface area contributed by atoms with E-state index >= 15 is 0 Å². The van der Waals surface area contributed by atoms with Gasteiger partial charge in [-0.25, -0.2) is 0 Å². The second-order valence-corrected chi connectivity index (χ2v) is 7.79. The molecule has 0 aliphatic rings. The van der Waals surface area contributed by atoms with E-state index in [1.165, 1.54) is 16.2 Å². The summed E-state index contributed by atoms with van der Waals surface area (Å²) < 4.78 is 8.23. The summed E-state index contributed by atoms with van der Waals surface area (Å²) in [6.07, 6.45) is 0. The Morgan fingerprint density at radius 3 is 2.24 bits per heavy atom. The molecule has 7 nitrogen and oxygen atoms in total. The molecule has 8 heteroatoms. The molecule has 0 saturated heterocycles. The van der Waals surface area contributed by atoms with Crippen LogP contribution in [-0.4, -0.2) is 21.4 Å². The van der Waals surface area contributed by atoms with Gasteiger partial charge in [0.15, 0.2) is 4.77 Å². The molecule has 4 rings (SSSR count). The van der Waals surface area contributed by atoms with Crippen LogP contribution < -0.4 is 10.3 Å². The van der Waals surface area contributed by atoms with E-state index in [1.54, 1.807) is 42.5 Å². The van der Waals surface area contributed by atoms with Crippen molar-refractivity contribution in [1.82, 2.24) is 9.13 Å². The summed E-state index contributed by atoms with van der Waals surface area (Å²) in [5, 5.41) is 19.5. The molecule has 0 radical (unpaired) electrons. The van der Waals surface area contributed by atoms with Crippen LogP contribution in [0.2, 0.25) is 0 Å². The molecule has 0 unspecified atom stereocenters. The summed E-state index contributed by atoms with van der Waals surface area (Å²) in [5.74, 6) is 0.0509. The van der Waals surface area contributed by atoms with Gasteiger partial charge in [-0.1, -0.05) is 48.0 Å². The third kappa shape index (κ3) is 4.20. The van der Waals surface area contributed by atoms with Crippen LogP contribution >= 0.6 is 12.2 Å². The summed E-state index contributed by atoms with van der Waals surface area (Å²) in [5.41, 5.74) is 2.71. The van der Waals surface area contributed by atoms with Crippen molar-refractivity contribution in [2.75, 3.05) is 7.11 Å². The maximum Gasteiger partial charge on any atom is 0.290 e. The van der Waals surface area contributed by atoms with Crippen LogP contribution in [0.1, 0.15) is 11.1 Å². The van der Waals surface area contributed by atoms with Crippen LogP contribution in [0.4, 0.5) is 11.4 Å². The first-order valence-electron chi connectivity index (χ1n) is 10.2. The lowest BCUT2D eigenvalue weighted by Gasteiger charge is -2.17. The minimum absolute atomic E-state index is 0.0701. The number of ether oxygens (including phenoxy) is 1. The van der Waals surface area contributed by atoms with Crippen molar-refractivity contribution >= 4 is 23.6 Å². The lowest BCUT2D eigenvalue weighted by Crippen LogP contribution is -2.23. The molecule has 4 aromatic rings. The van der Waals surface area contributed by atoms with Crippen molar-refractivity contribution in [3.63, 3.8) is 0 Å². The van der Waals surface area contributed by atoms with Gasteiger partial charge in [0.05, 0.1) is 24.2 Å². The fourth-order valence-corrected chi connectivity index (χ4v) is 3.78. The largest absolute Gasteiger partial charge is 0.495 e. The fraction of sp³-hybridized carbons (Fsp3) is 0.120. The van der Waals surface area contributed by atoms with Crippen molar-refractivity contribution in [2.24, 2.45) is 10.2 Å². The van der Waals surface area contributed by atoms with Crippen molar-refractivity contribution < 1.29 is 9.84 Å². The Balaban J connectivity index is 2.05. The molecule has 0 aliphatic carbocycles. The van der Waals surface area contributed by atoms with E-state index < -0.39 is 11.4 Å². The molecule has 0 fully saturated rings. The zero-order valence-corrected chi connectivity index (χ0v) is 19.2. The number of rotatable bonds is 5. The van der Waals surface area contributed by atoms with Crippen LogP contribution in [0.5, 0.6) is 11.6 Å². The second-order valence-electron chi connectivity index (χ2n) is 7.42. The van der Waals surface area contributed by atoms with Crippen molar-refractivity contribution in [3.05, 3.63) is 99.0 Å². The van der Waals surface area contributed by atoms with Crippen molar-refractivity contribution in [3.8, 4) is 23.0 Å². The summed E-state index contributed by atoms with van der Waals surface area (Å²) in [7, 11) is 1.52. The summed E-state index contributed by atoms with van der Waals surface area (Å²) in [6.45, 7) is 3.84. The number of aromatic hydroxyl groups is 1. The highest BCUT2D eigenvalue weighted by atomic mass is 32.1. The second kappa shape index (κ2) is 9.22. The minimum atomic E-state index is -0.579. The highest BCUT2D eigenvalue weighted by molar-refractivity contribution is 7.71. The van der Waals surface area contributed by atoms with Gasteiger partial charge in [-0.05, 0) is 62.0 Å². The van der Waals surface area contributed by atoms with Crippen LogP contribution in [0.15, 0.2) is 87.8 Å². The molecule has 1 heterocycles. The van der Waals surface area contributed by atoms with Crippen LogP contribution in [0.3, 0.4) is 0 Å². The highest BCUT2D eigenvalue weighted by Crippen LogP contribution is 2.33. The average molecular weight is 459 g/mol. The zero-order valence-electron chi connectivity index (χ0n) is 18.4. The third-order valence-corrected chi connectivity index (χ3v) is 5.57. The normalized spacial score (nSPS) is 11.1. The van der Waals surface area contributed by atoms with E-state index in [2.05, 4.69) is 10.2 Å². The Kier molecular flexibility index (Phi) is 6.19. The lowest BCUT2D eigenvalue weighted by molar-refractivity contribution is 0.402. The average Bonchev–Trinajstić information content (AvgIpc) is 2.81. The standard InChI is InChI=1S/C25H22N4O3S/c1-16-12-14-18(15-13-16)28-23(30)22(27-26-19-9-5-4-8-17(19)2)24(31)29(25(28)33)20-10-6-7-11-21(20)32-3/h4-15,31H,1-3H3. The van der Waals surface area contributed by atoms with E-state index in [0.717, 1.165) is 11.1 Å². The Bertz CT molecular complexity index is 1470. The first kappa shape index (κ1) is 22.2. The van der Waals surface area contributed by atoms with Gasteiger partial charge >= 0.3 is 0 Å². The number of benzene rings is 3. The molecule has 0 aliphatic heterocycles. The fourth-order valence-electron chi connectivity index (χ4n) is 3.41. The van der Waals surface area contributed by atoms with E-state index in [1.807, 2.05) is 44.2 Å². The number of azo groups is 1. The summed E-state index contributed by atoms with van der Waals surface area (Å²) >= 11 is 5.67. The van der Waals surface area contributed by atoms with Gasteiger partial charge in [0, 0.05) is 0 Å². The molecule has 166 valence electrons. The van der Waals surface area contributed by atoms with Crippen LogP contribution in [0.25, 0.3) is 11.4 Å². The van der Waals surface area contributed by atoms with Gasteiger partial charge in [0.2, 0.25) is 11.6 Å². The number of aryl methyl sites for hydroxylation is 2. The Morgan fingerprint density at radius 2 is 1.55 bits per heavy atom. The van der Waals surface area contributed by atoms with Gasteiger partial charge in [0.25, 0.3) is 5.56 Å². The van der Waals surface area contributed by atoms with Gasteiger partial charge < -0.3 is 9.84 Å². The van der Waals surface area contributed by atoms with Crippen molar-refractivity contribution in [1.29, 1.82) is 0 Å². The highest BCUT2D eigenvalue weighted by Gasteiger charge is 2.21. The molecule has 1 N–H and O–H groups in total. The van der Waals surface area contributed by atoms with Gasteiger partial charge in [-0.15, -0.1) is 10.2 Å². The molecule has 0 spiro atoms. The number of para-hydroxylation sites is 2. The van der Waals surface area contributed by atoms with E-state index in [-0.39, 0.29) is 10.5 Å². The maximum absolute atomic E-state index is 13.5. The molecule has 0 saturated carbocycles. The zero-order chi connectivity index (χ0) is 23.5. The van der Waals surface area contributed by atoms with Crippen molar-refractivity contribution in [2.45, 2.75) is 13.8 Å². The van der Waals surface area contributed by atoms with Crippen LogP contribution in [-0.2, 0) is 0 Å². The van der Waals surface area contributed by atoms with E-state index in [9.17, 15) is 9.90 Å². The Labute approximate surface area is 195 Å². The van der Waals surface area contributed by atoms with E-state index in [4.69, 9.17) is 17.0 Å². The molecule has 0 amide bonds. The number of hydrogen-bond donors (Lipinski definition) is 1. The maximum atomic E-state index is 13.5. The Hall–Kier alpha value is -4.04. The first-order chi connectivity index (χ1) is 15.9. The number of nitrogens with zero attached hydrogens (tertiary/aromatic N) is 4.